The van der Waals surface area contributed by atoms with Crippen LogP contribution in [-0.4, -0.2) is 35.2 Å². The molecule has 0 aliphatic carbocycles. The van der Waals surface area contributed by atoms with Gasteiger partial charge >= 0.3 is 0 Å². The van der Waals surface area contributed by atoms with Gasteiger partial charge < -0.3 is 4.90 Å². The van der Waals surface area contributed by atoms with Crippen LogP contribution in [0.25, 0.3) is 0 Å². The summed E-state index contributed by atoms with van der Waals surface area (Å²) >= 11 is 1.34. The van der Waals surface area contributed by atoms with Crippen molar-refractivity contribution < 1.29 is 14.4 Å². The summed E-state index contributed by atoms with van der Waals surface area (Å²) in [6, 6.07) is 19.9. The number of rotatable bonds is 6. The summed E-state index contributed by atoms with van der Waals surface area (Å²) in [5.74, 6) is -0.836. The van der Waals surface area contributed by atoms with Gasteiger partial charge in [-0.15, -0.1) is 11.3 Å². The maximum atomic E-state index is 13.2. The van der Waals surface area contributed by atoms with Crippen molar-refractivity contribution in [3.05, 3.63) is 88.1 Å². The molecule has 3 amide bonds. The van der Waals surface area contributed by atoms with E-state index in [4.69, 9.17) is 0 Å². The Morgan fingerprint density at radius 2 is 1.77 bits per heavy atom. The number of hydrogen-bond acceptors (Lipinski definition) is 4. The Kier molecular flexibility index (Phi) is 5.77. The fourth-order valence-corrected chi connectivity index (χ4v) is 4.34. The van der Waals surface area contributed by atoms with Crippen molar-refractivity contribution in [2.75, 3.05) is 11.4 Å². The SMILES string of the molecule is Cc1ccc(N2C(=O)CC(N(CCc3ccccc3)C(=O)c3cccs3)C2=O)cc1. The lowest BCUT2D eigenvalue weighted by Gasteiger charge is -2.27. The summed E-state index contributed by atoms with van der Waals surface area (Å²) in [4.78, 5) is 42.5. The van der Waals surface area contributed by atoms with E-state index in [2.05, 4.69) is 0 Å². The van der Waals surface area contributed by atoms with Gasteiger partial charge in [-0.2, -0.15) is 0 Å². The molecule has 0 N–H and O–H groups in total. The minimum absolute atomic E-state index is 0.00137. The van der Waals surface area contributed by atoms with Crippen molar-refractivity contribution in [2.24, 2.45) is 0 Å². The van der Waals surface area contributed by atoms with Crippen LogP contribution in [0, 0.1) is 6.92 Å². The Morgan fingerprint density at radius 3 is 2.43 bits per heavy atom. The van der Waals surface area contributed by atoms with Crippen LogP contribution >= 0.6 is 11.3 Å². The summed E-state index contributed by atoms with van der Waals surface area (Å²) in [6.07, 6.45) is 0.610. The molecule has 1 aliphatic heterocycles. The minimum atomic E-state index is -0.794. The fourth-order valence-electron chi connectivity index (χ4n) is 3.66. The van der Waals surface area contributed by atoms with Crippen LogP contribution < -0.4 is 4.90 Å². The Labute approximate surface area is 179 Å². The van der Waals surface area contributed by atoms with Gasteiger partial charge in [0.15, 0.2) is 0 Å². The Morgan fingerprint density at radius 1 is 1.03 bits per heavy atom. The van der Waals surface area contributed by atoms with Crippen LogP contribution in [0.3, 0.4) is 0 Å². The molecule has 5 nitrogen and oxygen atoms in total. The van der Waals surface area contributed by atoms with Gasteiger partial charge in [-0.1, -0.05) is 54.1 Å². The fraction of sp³-hybridized carbons (Fsp3) is 0.208. The Hall–Kier alpha value is -3.25. The normalized spacial score (nSPS) is 16.2. The third kappa shape index (κ3) is 4.04. The average molecular weight is 419 g/mol. The smallest absolute Gasteiger partial charge is 0.264 e. The molecule has 2 aromatic carbocycles. The van der Waals surface area contributed by atoms with Crippen LogP contribution in [0.4, 0.5) is 5.69 Å². The van der Waals surface area contributed by atoms with Gasteiger partial charge in [-0.25, -0.2) is 4.90 Å². The first-order valence-electron chi connectivity index (χ1n) is 9.86. The number of carbonyl (C=O) groups excluding carboxylic acids is 3. The second-order valence-corrected chi connectivity index (χ2v) is 8.28. The lowest BCUT2D eigenvalue weighted by atomic mass is 10.1. The zero-order valence-electron chi connectivity index (χ0n) is 16.7. The number of imide groups is 1. The summed E-state index contributed by atoms with van der Waals surface area (Å²) < 4.78 is 0. The number of thiophene rings is 1. The van der Waals surface area contributed by atoms with Crippen molar-refractivity contribution >= 4 is 34.7 Å². The molecule has 4 rings (SSSR count). The largest absolute Gasteiger partial charge is 0.325 e. The van der Waals surface area contributed by atoms with E-state index in [1.54, 1.807) is 23.1 Å². The second kappa shape index (κ2) is 8.63. The highest BCUT2D eigenvalue weighted by Gasteiger charge is 2.44. The molecular weight excluding hydrogens is 396 g/mol. The maximum absolute atomic E-state index is 13.2. The molecule has 1 atom stereocenters. The van der Waals surface area contributed by atoms with E-state index < -0.39 is 6.04 Å². The van der Waals surface area contributed by atoms with E-state index in [1.165, 1.54) is 16.2 Å². The van der Waals surface area contributed by atoms with Gasteiger partial charge in [-0.05, 0) is 42.5 Å². The van der Waals surface area contributed by atoms with Crippen molar-refractivity contribution in [3.63, 3.8) is 0 Å². The van der Waals surface area contributed by atoms with E-state index in [9.17, 15) is 14.4 Å². The molecule has 2 heterocycles. The lowest BCUT2D eigenvalue weighted by Crippen LogP contribution is -2.46. The number of amides is 3. The lowest BCUT2D eigenvalue weighted by molar-refractivity contribution is -0.122. The second-order valence-electron chi connectivity index (χ2n) is 7.33. The molecule has 1 aliphatic rings. The summed E-state index contributed by atoms with van der Waals surface area (Å²) in [5.41, 5.74) is 2.67. The molecule has 3 aromatic rings. The average Bonchev–Trinajstić information content (AvgIpc) is 3.39. The minimum Gasteiger partial charge on any atom is -0.325 e. The molecule has 0 saturated carbocycles. The van der Waals surface area contributed by atoms with Gasteiger partial charge in [0.1, 0.15) is 6.04 Å². The zero-order chi connectivity index (χ0) is 21.1. The van der Waals surface area contributed by atoms with Gasteiger partial charge in [0.2, 0.25) is 5.91 Å². The van der Waals surface area contributed by atoms with E-state index in [1.807, 2.05) is 60.8 Å². The molecule has 30 heavy (non-hydrogen) atoms. The number of aryl methyl sites for hydroxylation is 1. The third-order valence-corrected chi connectivity index (χ3v) is 6.13. The van der Waals surface area contributed by atoms with E-state index in [0.29, 0.717) is 23.5 Å². The quantitative estimate of drug-likeness (QED) is 0.567. The molecule has 1 aromatic heterocycles. The topological polar surface area (TPSA) is 57.7 Å². The maximum Gasteiger partial charge on any atom is 0.264 e. The monoisotopic (exact) mass is 418 g/mol. The van der Waals surface area contributed by atoms with Crippen LogP contribution in [0.1, 0.15) is 27.2 Å². The summed E-state index contributed by atoms with van der Waals surface area (Å²) in [5, 5.41) is 1.84. The zero-order valence-corrected chi connectivity index (χ0v) is 17.5. The van der Waals surface area contributed by atoms with Gasteiger partial charge in [0.25, 0.3) is 11.8 Å². The predicted octanol–water partition coefficient (Wildman–Crippen LogP) is 4.07. The van der Waals surface area contributed by atoms with Crippen LogP contribution in [-0.2, 0) is 16.0 Å². The standard InChI is InChI=1S/C24H22N2O3S/c1-17-9-11-19(12-10-17)26-22(27)16-20(23(26)28)25(24(29)21-8-5-15-30-21)14-13-18-6-3-2-4-7-18/h2-12,15,20H,13-14,16H2,1H3. The summed E-state index contributed by atoms with van der Waals surface area (Å²) in [7, 11) is 0. The van der Waals surface area contributed by atoms with Crippen molar-refractivity contribution in [1.82, 2.24) is 4.90 Å². The van der Waals surface area contributed by atoms with Gasteiger partial charge in [0.05, 0.1) is 17.0 Å². The summed E-state index contributed by atoms with van der Waals surface area (Å²) in [6.45, 7) is 2.32. The van der Waals surface area contributed by atoms with Crippen LogP contribution in [0.2, 0.25) is 0 Å². The van der Waals surface area contributed by atoms with Crippen molar-refractivity contribution in [2.45, 2.75) is 25.8 Å². The van der Waals surface area contributed by atoms with Crippen LogP contribution in [0.5, 0.6) is 0 Å². The number of hydrogen-bond donors (Lipinski definition) is 0. The molecule has 1 saturated heterocycles. The molecule has 1 unspecified atom stereocenters. The number of carbonyl (C=O) groups is 3. The Balaban J connectivity index is 1.61. The van der Waals surface area contributed by atoms with E-state index >= 15 is 0 Å². The molecular formula is C24H22N2O3S. The predicted molar refractivity (Wildman–Crippen MR) is 118 cm³/mol. The van der Waals surface area contributed by atoms with Gasteiger partial charge in [-0.3, -0.25) is 14.4 Å². The first kappa shape index (κ1) is 20.0. The molecule has 1 fully saturated rings. The van der Waals surface area contributed by atoms with Gasteiger partial charge in [0, 0.05) is 6.54 Å². The Bertz CT molecular complexity index is 1050. The van der Waals surface area contributed by atoms with Crippen molar-refractivity contribution in [1.29, 1.82) is 0 Å². The molecule has 6 heteroatoms. The first-order chi connectivity index (χ1) is 14.5. The van der Waals surface area contributed by atoms with Crippen LogP contribution in [0.15, 0.2) is 72.1 Å². The third-order valence-electron chi connectivity index (χ3n) is 5.27. The van der Waals surface area contributed by atoms with E-state index in [-0.39, 0.29) is 24.1 Å². The number of nitrogens with zero attached hydrogens (tertiary/aromatic N) is 2. The van der Waals surface area contributed by atoms with E-state index in [0.717, 1.165) is 11.1 Å². The highest BCUT2D eigenvalue weighted by Crippen LogP contribution is 2.27. The molecule has 152 valence electrons. The highest BCUT2D eigenvalue weighted by atomic mass is 32.1. The highest BCUT2D eigenvalue weighted by molar-refractivity contribution is 7.12. The molecule has 0 bridgehead atoms. The number of anilines is 1. The molecule has 0 spiro atoms. The first-order valence-corrected chi connectivity index (χ1v) is 10.7. The van der Waals surface area contributed by atoms with Crippen molar-refractivity contribution in [3.8, 4) is 0 Å². The number of benzene rings is 2. The molecule has 0 radical (unpaired) electrons.